The lowest BCUT2D eigenvalue weighted by atomic mass is 10.0. The smallest absolute Gasteiger partial charge is 0.268 e. The second kappa shape index (κ2) is 8.27. The van der Waals surface area contributed by atoms with E-state index in [1.54, 1.807) is 24.3 Å². The van der Waals surface area contributed by atoms with Gasteiger partial charge in [-0.1, -0.05) is 83.9 Å². The van der Waals surface area contributed by atoms with Gasteiger partial charge in [-0.25, -0.2) is 4.90 Å². The Kier molecular flexibility index (Phi) is 5.56. The number of nitrogens with zero attached hydrogens (tertiary/aromatic N) is 1. The zero-order valence-electron chi connectivity index (χ0n) is 15.8. The first-order valence-electron chi connectivity index (χ1n) is 9.17. The number of para-hydroxylation sites is 1. The number of rotatable bonds is 5. The molecule has 0 saturated heterocycles. The van der Waals surface area contributed by atoms with Crippen molar-refractivity contribution in [2.24, 2.45) is 0 Å². The van der Waals surface area contributed by atoms with Crippen LogP contribution in [0.2, 0.25) is 5.02 Å². The third-order valence-corrected chi connectivity index (χ3v) is 6.17. The van der Waals surface area contributed by atoms with Gasteiger partial charge in [-0.3, -0.25) is 9.59 Å². The number of hydrogen-bond acceptors (Lipinski definition) is 3. The molecule has 0 fully saturated rings. The average molecular weight is 420 g/mol. The summed E-state index contributed by atoms with van der Waals surface area (Å²) in [6.45, 7) is 1.99. The molecule has 1 heterocycles. The minimum Gasteiger partial charge on any atom is -0.268 e. The van der Waals surface area contributed by atoms with Crippen LogP contribution in [0.4, 0.5) is 5.69 Å². The Labute approximate surface area is 179 Å². The molecule has 0 aromatic heterocycles. The SMILES string of the molecule is Cc1ccc(C2=C(SCc3ccccc3)C(=O)N(c3ccccc3Cl)C2=O)cc1. The minimum atomic E-state index is -0.345. The van der Waals surface area contributed by atoms with Crippen molar-refractivity contribution in [1.82, 2.24) is 0 Å². The Morgan fingerprint density at radius 2 is 1.48 bits per heavy atom. The van der Waals surface area contributed by atoms with Crippen molar-refractivity contribution in [2.45, 2.75) is 12.7 Å². The second-order valence-corrected chi connectivity index (χ2v) is 8.13. The Morgan fingerprint density at radius 1 is 0.828 bits per heavy atom. The molecular weight excluding hydrogens is 402 g/mol. The maximum absolute atomic E-state index is 13.4. The third kappa shape index (κ3) is 3.86. The van der Waals surface area contributed by atoms with Gasteiger partial charge >= 0.3 is 0 Å². The molecule has 144 valence electrons. The maximum atomic E-state index is 13.4. The Bertz CT molecular complexity index is 1110. The highest BCUT2D eigenvalue weighted by molar-refractivity contribution is 8.03. The fraction of sp³-hybridized carbons (Fsp3) is 0.0833. The molecule has 3 aromatic rings. The first-order valence-corrected chi connectivity index (χ1v) is 10.5. The highest BCUT2D eigenvalue weighted by atomic mass is 35.5. The second-order valence-electron chi connectivity index (χ2n) is 6.74. The predicted octanol–water partition coefficient (Wildman–Crippen LogP) is 5.87. The molecule has 5 heteroatoms. The van der Waals surface area contributed by atoms with Crippen LogP contribution < -0.4 is 4.90 Å². The van der Waals surface area contributed by atoms with Gasteiger partial charge in [0.25, 0.3) is 11.8 Å². The Balaban J connectivity index is 1.76. The molecule has 29 heavy (non-hydrogen) atoms. The number of benzene rings is 3. The molecule has 0 bridgehead atoms. The van der Waals surface area contributed by atoms with Crippen molar-refractivity contribution < 1.29 is 9.59 Å². The molecule has 1 aliphatic heterocycles. The molecule has 1 aliphatic rings. The molecule has 0 spiro atoms. The predicted molar refractivity (Wildman–Crippen MR) is 120 cm³/mol. The molecule has 2 amide bonds. The molecule has 0 atom stereocenters. The number of amides is 2. The number of hydrogen-bond donors (Lipinski definition) is 0. The summed E-state index contributed by atoms with van der Waals surface area (Å²) in [5, 5.41) is 0.367. The first kappa shape index (κ1) is 19.5. The van der Waals surface area contributed by atoms with Crippen LogP contribution in [0.5, 0.6) is 0 Å². The van der Waals surface area contributed by atoms with E-state index in [0.29, 0.717) is 26.9 Å². The van der Waals surface area contributed by atoms with E-state index in [-0.39, 0.29) is 11.8 Å². The summed E-state index contributed by atoms with van der Waals surface area (Å²) < 4.78 is 0. The molecule has 3 nitrogen and oxygen atoms in total. The van der Waals surface area contributed by atoms with Crippen molar-refractivity contribution in [3.63, 3.8) is 0 Å². The monoisotopic (exact) mass is 419 g/mol. The van der Waals surface area contributed by atoms with Crippen molar-refractivity contribution >= 4 is 46.4 Å². The van der Waals surface area contributed by atoms with E-state index in [1.165, 1.54) is 16.7 Å². The topological polar surface area (TPSA) is 37.4 Å². The molecule has 0 radical (unpaired) electrons. The van der Waals surface area contributed by atoms with Crippen LogP contribution in [0.25, 0.3) is 5.57 Å². The lowest BCUT2D eigenvalue weighted by molar-refractivity contribution is -0.119. The van der Waals surface area contributed by atoms with Crippen LogP contribution in [-0.2, 0) is 15.3 Å². The van der Waals surface area contributed by atoms with Crippen LogP contribution in [0.3, 0.4) is 0 Å². The molecular formula is C24H18ClNO2S. The van der Waals surface area contributed by atoms with Crippen LogP contribution in [0.15, 0.2) is 83.8 Å². The molecule has 0 saturated carbocycles. The number of anilines is 1. The van der Waals surface area contributed by atoms with Gasteiger partial charge in [0.05, 0.1) is 21.2 Å². The molecule has 0 N–H and O–H groups in total. The number of imide groups is 1. The van der Waals surface area contributed by atoms with E-state index in [1.807, 2.05) is 61.5 Å². The highest BCUT2D eigenvalue weighted by Crippen LogP contribution is 2.41. The van der Waals surface area contributed by atoms with Crippen LogP contribution in [0.1, 0.15) is 16.7 Å². The van der Waals surface area contributed by atoms with E-state index >= 15 is 0 Å². The zero-order valence-corrected chi connectivity index (χ0v) is 17.3. The van der Waals surface area contributed by atoms with Crippen molar-refractivity contribution in [3.8, 4) is 0 Å². The van der Waals surface area contributed by atoms with Gasteiger partial charge in [-0.15, -0.1) is 11.8 Å². The number of halogens is 1. The van der Waals surface area contributed by atoms with Gasteiger partial charge in [0.2, 0.25) is 0 Å². The highest BCUT2D eigenvalue weighted by Gasteiger charge is 2.40. The summed E-state index contributed by atoms with van der Waals surface area (Å²) in [5.41, 5.74) is 3.75. The summed E-state index contributed by atoms with van der Waals surface area (Å²) >= 11 is 7.68. The summed E-state index contributed by atoms with van der Waals surface area (Å²) in [7, 11) is 0. The third-order valence-electron chi connectivity index (χ3n) is 4.70. The average Bonchev–Trinajstić information content (AvgIpc) is 2.98. The number of thioether (sulfide) groups is 1. The van der Waals surface area contributed by atoms with Crippen molar-refractivity contribution in [2.75, 3.05) is 4.90 Å². The van der Waals surface area contributed by atoms with E-state index in [4.69, 9.17) is 11.6 Å². The zero-order chi connectivity index (χ0) is 20.4. The first-order chi connectivity index (χ1) is 14.1. The van der Waals surface area contributed by atoms with E-state index in [9.17, 15) is 9.59 Å². The molecule has 0 unspecified atom stereocenters. The van der Waals surface area contributed by atoms with Crippen LogP contribution in [-0.4, -0.2) is 11.8 Å². The number of aryl methyl sites for hydroxylation is 1. The summed E-state index contributed by atoms with van der Waals surface area (Å²) in [5.74, 6) is -0.0805. The normalized spacial score (nSPS) is 14.1. The van der Waals surface area contributed by atoms with Gasteiger partial charge in [0.15, 0.2) is 0 Å². The quantitative estimate of drug-likeness (QED) is 0.485. The van der Waals surface area contributed by atoms with Crippen LogP contribution >= 0.6 is 23.4 Å². The minimum absolute atomic E-state index is 0.334. The molecule has 0 aliphatic carbocycles. The fourth-order valence-corrected chi connectivity index (χ4v) is 4.49. The van der Waals surface area contributed by atoms with Gasteiger partial charge in [0, 0.05) is 5.75 Å². The van der Waals surface area contributed by atoms with E-state index in [0.717, 1.165) is 16.7 Å². The largest absolute Gasteiger partial charge is 0.272 e. The lowest BCUT2D eigenvalue weighted by Crippen LogP contribution is -2.31. The number of carbonyl (C=O) groups is 2. The van der Waals surface area contributed by atoms with Crippen molar-refractivity contribution in [1.29, 1.82) is 0 Å². The van der Waals surface area contributed by atoms with Gasteiger partial charge in [0.1, 0.15) is 0 Å². The summed E-state index contributed by atoms with van der Waals surface area (Å²) in [6, 6.07) is 24.4. The van der Waals surface area contributed by atoms with Gasteiger partial charge in [-0.2, -0.15) is 0 Å². The summed E-state index contributed by atoms with van der Waals surface area (Å²) in [6.07, 6.45) is 0. The molecule has 3 aromatic carbocycles. The van der Waals surface area contributed by atoms with Gasteiger partial charge < -0.3 is 0 Å². The van der Waals surface area contributed by atoms with E-state index < -0.39 is 0 Å². The lowest BCUT2D eigenvalue weighted by Gasteiger charge is -2.16. The summed E-state index contributed by atoms with van der Waals surface area (Å²) in [4.78, 5) is 28.3. The van der Waals surface area contributed by atoms with E-state index in [2.05, 4.69) is 0 Å². The van der Waals surface area contributed by atoms with Crippen molar-refractivity contribution in [3.05, 3.63) is 105 Å². The Morgan fingerprint density at radius 3 is 2.17 bits per heavy atom. The van der Waals surface area contributed by atoms with Gasteiger partial charge in [-0.05, 0) is 30.2 Å². The molecule has 4 rings (SSSR count). The number of carbonyl (C=O) groups excluding carboxylic acids is 2. The fourth-order valence-electron chi connectivity index (χ4n) is 3.20. The maximum Gasteiger partial charge on any atom is 0.272 e. The van der Waals surface area contributed by atoms with Crippen LogP contribution in [0, 0.1) is 6.92 Å². The Hall–Kier alpha value is -2.82. The standard InChI is InChI=1S/C24H18ClNO2S/c1-16-11-13-18(14-12-16)21-22(29-15-17-7-3-2-4-8-17)24(28)26(23(21)27)20-10-6-5-9-19(20)25/h2-14H,15H2,1H3.